The highest BCUT2D eigenvalue weighted by Gasteiger charge is 2.23. The number of hydrogen-bond donors (Lipinski definition) is 2. The van der Waals surface area contributed by atoms with Crippen LogP contribution in [0.5, 0.6) is 0 Å². The maximum atomic E-state index is 11.8. The SMILES string of the molecule is CC(C)C(=O)N1CCC(NCc2ccc[nH]2)CC1. The smallest absolute Gasteiger partial charge is 0.225 e. The molecule has 1 aromatic heterocycles. The van der Waals surface area contributed by atoms with Crippen LogP contribution in [0.2, 0.25) is 0 Å². The first-order valence-corrected chi connectivity index (χ1v) is 6.81. The third-order valence-corrected chi connectivity index (χ3v) is 3.54. The Kier molecular flexibility index (Phi) is 4.42. The van der Waals surface area contributed by atoms with E-state index in [1.54, 1.807) is 0 Å². The third kappa shape index (κ3) is 3.35. The summed E-state index contributed by atoms with van der Waals surface area (Å²) in [4.78, 5) is 17.0. The summed E-state index contributed by atoms with van der Waals surface area (Å²) in [6.07, 6.45) is 4.05. The van der Waals surface area contributed by atoms with Crippen molar-refractivity contribution in [1.82, 2.24) is 15.2 Å². The van der Waals surface area contributed by atoms with Gasteiger partial charge in [-0.1, -0.05) is 13.8 Å². The minimum Gasteiger partial charge on any atom is -0.364 e. The number of hydrogen-bond acceptors (Lipinski definition) is 2. The molecule has 1 saturated heterocycles. The minimum atomic E-state index is 0.119. The predicted molar refractivity (Wildman–Crippen MR) is 72.1 cm³/mol. The van der Waals surface area contributed by atoms with E-state index in [-0.39, 0.29) is 11.8 Å². The van der Waals surface area contributed by atoms with Crippen LogP contribution in [0.15, 0.2) is 18.3 Å². The molecule has 1 amide bonds. The molecule has 100 valence electrons. The third-order valence-electron chi connectivity index (χ3n) is 3.54. The average Bonchev–Trinajstić information content (AvgIpc) is 2.89. The lowest BCUT2D eigenvalue weighted by molar-refractivity contribution is -0.135. The number of carbonyl (C=O) groups excluding carboxylic acids is 1. The number of amides is 1. The first-order valence-electron chi connectivity index (χ1n) is 6.81. The second kappa shape index (κ2) is 6.05. The second-order valence-corrected chi connectivity index (χ2v) is 5.33. The zero-order valence-corrected chi connectivity index (χ0v) is 11.3. The van der Waals surface area contributed by atoms with Crippen molar-refractivity contribution < 1.29 is 4.79 Å². The molecule has 0 atom stereocenters. The van der Waals surface area contributed by atoms with Gasteiger partial charge in [-0.25, -0.2) is 0 Å². The molecule has 0 saturated carbocycles. The van der Waals surface area contributed by atoms with E-state index in [4.69, 9.17) is 0 Å². The highest BCUT2D eigenvalue weighted by atomic mass is 16.2. The highest BCUT2D eigenvalue weighted by molar-refractivity contribution is 5.78. The largest absolute Gasteiger partial charge is 0.364 e. The summed E-state index contributed by atoms with van der Waals surface area (Å²) in [6.45, 7) is 6.60. The number of nitrogens with one attached hydrogen (secondary N) is 2. The Bertz CT molecular complexity index is 364. The van der Waals surface area contributed by atoms with Gasteiger partial charge in [0.25, 0.3) is 0 Å². The number of nitrogens with zero attached hydrogens (tertiary/aromatic N) is 1. The lowest BCUT2D eigenvalue weighted by atomic mass is 10.0. The van der Waals surface area contributed by atoms with Gasteiger partial charge in [-0.2, -0.15) is 0 Å². The van der Waals surface area contributed by atoms with Crippen LogP contribution < -0.4 is 5.32 Å². The molecule has 2 heterocycles. The number of carbonyl (C=O) groups is 1. The maximum Gasteiger partial charge on any atom is 0.225 e. The molecule has 0 radical (unpaired) electrons. The molecular weight excluding hydrogens is 226 g/mol. The van der Waals surface area contributed by atoms with Crippen LogP contribution in [-0.2, 0) is 11.3 Å². The van der Waals surface area contributed by atoms with Gasteiger partial charge in [-0.05, 0) is 25.0 Å². The monoisotopic (exact) mass is 249 g/mol. The average molecular weight is 249 g/mol. The number of aromatic amines is 1. The van der Waals surface area contributed by atoms with Crippen molar-refractivity contribution in [3.05, 3.63) is 24.0 Å². The first kappa shape index (κ1) is 13.1. The molecule has 18 heavy (non-hydrogen) atoms. The molecule has 0 aromatic carbocycles. The van der Waals surface area contributed by atoms with Crippen LogP contribution in [0.4, 0.5) is 0 Å². The first-order chi connectivity index (χ1) is 8.66. The van der Waals surface area contributed by atoms with E-state index in [9.17, 15) is 4.79 Å². The van der Waals surface area contributed by atoms with Crippen LogP contribution in [-0.4, -0.2) is 34.9 Å². The molecule has 4 heteroatoms. The van der Waals surface area contributed by atoms with Gasteiger partial charge in [0.05, 0.1) is 0 Å². The predicted octanol–water partition coefficient (Wildman–Crippen LogP) is 1.75. The molecular formula is C14H23N3O. The van der Waals surface area contributed by atoms with Crippen molar-refractivity contribution in [3.8, 4) is 0 Å². The van der Waals surface area contributed by atoms with Crippen molar-refractivity contribution in [2.45, 2.75) is 39.3 Å². The number of piperidine rings is 1. The number of likely N-dealkylation sites (tertiary alicyclic amines) is 1. The van der Waals surface area contributed by atoms with Gasteiger partial charge in [0, 0.05) is 43.5 Å². The van der Waals surface area contributed by atoms with Crippen LogP contribution in [0.3, 0.4) is 0 Å². The van der Waals surface area contributed by atoms with Gasteiger partial charge < -0.3 is 15.2 Å². The summed E-state index contributed by atoms with van der Waals surface area (Å²) in [5.41, 5.74) is 1.22. The molecule has 0 aliphatic carbocycles. The van der Waals surface area contributed by atoms with E-state index in [1.807, 2.05) is 31.0 Å². The lowest BCUT2D eigenvalue weighted by Crippen LogP contribution is -2.46. The summed E-state index contributed by atoms with van der Waals surface area (Å²) in [7, 11) is 0. The quantitative estimate of drug-likeness (QED) is 0.854. The summed E-state index contributed by atoms with van der Waals surface area (Å²) >= 11 is 0. The van der Waals surface area contributed by atoms with E-state index < -0.39 is 0 Å². The van der Waals surface area contributed by atoms with Gasteiger partial charge >= 0.3 is 0 Å². The summed E-state index contributed by atoms with van der Waals surface area (Å²) in [5.74, 6) is 0.409. The molecule has 2 N–H and O–H groups in total. The zero-order chi connectivity index (χ0) is 13.0. The Morgan fingerprint density at radius 1 is 1.50 bits per heavy atom. The molecule has 0 bridgehead atoms. The molecule has 2 rings (SSSR count). The van der Waals surface area contributed by atoms with Crippen LogP contribution in [0, 0.1) is 5.92 Å². The number of H-pyrrole nitrogens is 1. The minimum absolute atomic E-state index is 0.119. The van der Waals surface area contributed by atoms with Crippen LogP contribution >= 0.6 is 0 Å². The number of aromatic nitrogens is 1. The van der Waals surface area contributed by atoms with Crippen molar-refractivity contribution in [1.29, 1.82) is 0 Å². The van der Waals surface area contributed by atoms with Crippen molar-refractivity contribution in [2.24, 2.45) is 5.92 Å². The topological polar surface area (TPSA) is 48.1 Å². The Hall–Kier alpha value is -1.29. The molecule has 0 unspecified atom stereocenters. The van der Waals surface area contributed by atoms with Gasteiger partial charge in [0.2, 0.25) is 5.91 Å². The lowest BCUT2D eigenvalue weighted by Gasteiger charge is -2.33. The van der Waals surface area contributed by atoms with E-state index in [2.05, 4.69) is 16.4 Å². The molecule has 1 fully saturated rings. The van der Waals surface area contributed by atoms with Crippen LogP contribution in [0.1, 0.15) is 32.4 Å². The van der Waals surface area contributed by atoms with Gasteiger partial charge in [-0.15, -0.1) is 0 Å². The number of rotatable bonds is 4. The fraction of sp³-hybridized carbons (Fsp3) is 0.643. The molecule has 4 nitrogen and oxygen atoms in total. The Labute approximate surface area is 109 Å². The second-order valence-electron chi connectivity index (χ2n) is 5.33. The molecule has 1 aromatic rings. The fourth-order valence-corrected chi connectivity index (χ4v) is 2.40. The van der Waals surface area contributed by atoms with Gasteiger partial charge in [-0.3, -0.25) is 4.79 Å². The van der Waals surface area contributed by atoms with E-state index in [1.165, 1.54) is 5.69 Å². The Balaban J connectivity index is 1.72. The van der Waals surface area contributed by atoms with Crippen LogP contribution in [0.25, 0.3) is 0 Å². The summed E-state index contributed by atoms with van der Waals surface area (Å²) in [6, 6.07) is 4.63. The summed E-state index contributed by atoms with van der Waals surface area (Å²) in [5, 5.41) is 3.54. The van der Waals surface area contributed by atoms with Crippen molar-refractivity contribution in [2.75, 3.05) is 13.1 Å². The molecule has 1 aliphatic heterocycles. The van der Waals surface area contributed by atoms with E-state index in [0.29, 0.717) is 6.04 Å². The highest BCUT2D eigenvalue weighted by Crippen LogP contribution is 2.13. The van der Waals surface area contributed by atoms with Crippen molar-refractivity contribution in [3.63, 3.8) is 0 Å². The maximum absolute atomic E-state index is 11.8. The van der Waals surface area contributed by atoms with Gasteiger partial charge in [0.1, 0.15) is 0 Å². The zero-order valence-electron chi connectivity index (χ0n) is 11.3. The van der Waals surface area contributed by atoms with Crippen molar-refractivity contribution >= 4 is 5.91 Å². The Morgan fingerprint density at radius 3 is 2.78 bits per heavy atom. The van der Waals surface area contributed by atoms with E-state index in [0.717, 1.165) is 32.5 Å². The van der Waals surface area contributed by atoms with E-state index >= 15 is 0 Å². The Morgan fingerprint density at radius 2 is 2.22 bits per heavy atom. The normalized spacial score (nSPS) is 17.4. The summed E-state index contributed by atoms with van der Waals surface area (Å²) < 4.78 is 0. The fourth-order valence-electron chi connectivity index (χ4n) is 2.40. The van der Waals surface area contributed by atoms with Gasteiger partial charge in [0.15, 0.2) is 0 Å². The molecule has 1 aliphatic rings. The standard InChI is InChI=1S/C14H23N3O/c1-11(2)14(18)17-8-5-12(6-9-17)16-10-13-4-3-7-15-13/h3-4,7,11-12,15-16H,5-6,8-10H2,1-2H3. The molecule has 0 spiro atoms.